The number of carbonyl (C=O) groups is 2. The van der Waals surface area contributed by atoms with Crippen LogP contribution in [0, 0.1) is 0 Å². The molecule has 0 amide bonds. The van der Waals surface area contributed by atoms with Gasteiger partial charge in [-0.15, -0.1) is 0 Å². The molecule has 0 saturated carbocycles. The molecule has 45 heavy (non-hydrogen) atoms. The summed E-state index contributed by atoms with van der Waals surface area (Å²) < 4.78 is 45.4. The quantitative estimate of drug-likeness (QED) is 0.157. The summed E-state index contributed by atoms with van der Waals surface area (Å²) in [5.74, 6) is -1.57. The van der Waals surface area contributed by atoms with Crippen LogP contribution >= 0.6 is 0 Å². The van der Waals surface area contributed by atoms with Crippen molar-refractivity contribution < 1.29 is 42.4 Å². The molecule has 0 radical (unpaired) electrons. The SMILES string of the molecule is COc1ccc(CCN(C)CCCOc2ccc(S(=O)(=O)c3c(C(C)C)nn4ccccc34)cc2)cc1OC.O=C(O)C(=O)O. The Balaban J connectivity index is 0.000000838. The van der Waals surface area contributed by atoms with Crippen molar-refractivity contribution in [1.82, 2.24) is 14.5 Å². The summed E-state index contributed by atoms with van der Waals surface area (Å²) in [6.07, 6.45) is 3.52. The Kier molecular flexibility index (Phi) is 12.3. The van der Waals surface area contributed by atoms with E-state index in [0.717, 1.165) is 37.4 Å². The van der Waals surface area contributed by atoms with Crippen molar-refractivity contribution in [3.63, 3.8) is 0 Å². The molecule has 0 aliphatic rings. The molecule has 0 spiro atoms. The van der Waals surface area contributed by atoms with E-state index in [0.29, 0.717) is 23.6 Å². The molecule has 0 fully saturated rings. The summed E-state index contributed by atoms with van der Waals surface area (Å²) in [7, 11) is 1.62. The van der Waals surface area contributed by atoms with Gasteiger partial charge in [0.15, 0.2) is 11.5 Å². The molecule has 12 nitrogen and oxygen atoms in total. The van der Waals surface area contributed by atoms with Crippen molar-refractivity contribution in [2.75, 3.05) is 41.0 Å². The fourth-order valence-corrected chi connectivity index (χ4v) is 6.19. The predicted octanol–water partition coefficient (Wildman–Crippen LogP) is 4.41. The molecule has 2 aromatic heterocycles. The molecule has 0 atom stereocenters. The highest BCUT2D eigenvalue weighted by atomic mass is 32.2. The zero-order valence-corrected chi connectivity index (χ0v) is 26.8. The van der Waals surface area contributed by atoms with Gasteiger partial charge in [-0.1, -0.05) is 26.0 Å². The molecule has 4 aromatic rings. The molecule has 2 N–H and O–H groups in total. The third kappa shape index (κ3) is 9.19. The first-order valence-corrected chi connectivity index (χ1v) is 15.7. The van der Waals surface area contributed by atoms with E-state index in [2.05, 4.69) is 23.1 Å². The summed E-state index contributed by atoms with van der Waals surface area (Å²) in [5.41, 5.74) is 2.34. The number of carboxylic acid groups (broad SMARTS) is 2. The molecule has 242 valence electrons. The van der Waals surface area contributed by atoms with Crippen LogP contribution in [0.4, 0.5) is 0 Å². The average molecular weight is 642 g/mol. The number of aromatic nitrogens is 2. The van der Waals surface area contributed by atoms with Crippen LogP contribution in [-0.2, 0) is 25.8 Å². The number of likely N-dealkylation sites (N-methyl/N-ethyl adjacent to an activating group) is 1. The largest absolute Gasteiger partial charge is 0.494 e. The van der Waals surface area contributed by atoms with E-state index >= 15 is 0 Å². The van der Waals surface area contributed by atoms with E-state index in [4.69, 9.17) is 34.0 Å². The maximum absolute atomic E-state index is 13.6. The summed E-state index contributed by atoms with van der Waals surface area (Å²) in [4.78, 5) is 21.0. The lowest BCUT2D eigenvalue weighted by Gasteiger charge is -2.17. The Labute approximate surface area is 262 Å². The Morgan fingerprint density at radius 3 is 2.20 bits per heavy atom. The number of pyridine rings is 1. The van der Waals surface area contributed by atoms with Crippen molar-refractivity contribution in [3.05, 3.63) is 78.1 Å². The molecule has 0 aliphatic carbocycles. The van der Waals surface area contributed by atoms with Crippen LogP contribution in [-0.4, -0.2) is 86.0 Å². The molecule has 2 aromatic carbocycles. The summed E-state index contributed by atoms with van der Waals surface area (Å²) >= 11 is 0. The van der Waals surface area contributed by atoms with Crippen LogP contribution in [0.3, 0.4) is 0 Å². The maximum Gasteiger partial charge on any atom is 0.414 e. The number of carboxylic acids is 2. The monoisotopic (exact) mass is 641 g/mol. The lowest BCUT2D eigenvalue weighted by Crippen LogP contribution is -2.23. The van der Waals surface area contributed by atoms with Gasteiger partial charge in [0.25, 0.3) is 0 Å². The van der Waals surface area contributed by atoms with Gasteiger partial charge in [0.2, 0.25) is 9.84 Å². The number of fused-ring (bicyclic) bond motifs is 1. The smallest absolute Gasteiger partial charge is 0.414 e. The minimum absolute atomic E-state index is 0.0329. The third-order valence-corrected chi connectivity index (χ3v) is 8.68. The minimum atomic E-state index is -3.75. The minimum Gasteiger partial charge on any atom is -0.494 e. The van der Waals surface area contributed by atoms with E-state index in [1.165, 1.54) is 5.56 Å². The van der Waals surface area contributed by atoms with Gasteiger partial charge in [0.1, 0.15) is 10.6 Å². The second-order valence-corrected chi connectivity index (χ2v) is 12.3. The lowest BCUT2D eigenvalue weighted by molar-refractivity contribution is -0.159. The predicted molar refractivity (Wildman–Crippen MR) is 167 cm³/mol. The standard InChI is InChI=1S/C30H37N3O5S.C2H2O4/c1-22(2)29-30(26-9-6-7-18-33(26)31-29)39(34,35)25-13-11-24(12-14-25)38-20-8-17-32(3)19-16-23-10-15-27(36-4)28(21-23)37-5;3-1(4)2(5)6/h6-7,9-15,18,21-22H,8,16-17,19-20H2,1-5H3;(H,3,4)(H,5,6). The van der Waals surface area contributed by atoms with E-state index in [1.807, 2.05) is 38.1 Å². The molecular weight excluding hydrogens is 602 g/mol. The average Bonchev–Trinajstić information content (AvgIpc) is 3.43. The number of hydrogen-bond acceptors (Lipinski definition) is 9. The van der Waals surface area contributed by atoms with Crippen LogP contribution < -0.4 is 14.2 Å². The molecule has 4 rings (SSSR count). The molecular formula is C32H39N3O9S. The van der Waals surface area contributed by atoms with Crippen LogP contribution in [0.2, 0.25) is 0 Å². The van der Waals surface area contributed by atoms with Crippen molar-refractivity contribution in [3.8, 4) is 17.2 Å². The van der Waals surface area contributed by atoms with Gasteiger partial charge in [-0.2, -0.15) is 5.10 Å². The first-order chi connectivity index (χ1) is 21.4. The first-order valence-electron chi connectivity index (χ1n) is 14.2. The molecule has 0 saturated heterocycles. The third-order valence-electron chi connectivity index (χ3n) is 6.84. The number of hydrogen-bond donors (Lipinski definition) is 2. The Bertz CT molecular complexity index is 1690. The highest BCUT2D eigenvalue weighted by Crippen LogP contribution is 2.33. The van der Waals surface area contributed by atoms with Gasteiger partial charge >= 0.3 is 11.9 Å². The number of aliphatic carboxylic acids is 2. The second kappa shape index (κ2) is 15.9. The lowest BCUT2D eigenvalue weighted by atomic mass is 10.1. The van der Waals surface area contributed by atoms with Crippen LogP contribution in [0.15, 0.2) is 76.7 Å². The van der Waals surface area contributed by atoms with Gasteiger partial charge in [-0.25, -0.2) is 22.5 Å². The van der Waals surface area contributed by atoms with Gasteiger partial charge in [-0.3, -0.25) is 0 Å². The number of ether oxygens (including phenoxy) is 3. The Morgan fingerprint density at radius 1 is 0.933 bits per heavy atom. The van der Waals surface area contributed by atoms with Crippen molar-refractivity contribution in [2.45, 2.75) is 42.4 Å². The van der Waals surface area contributed by atoms with E-state index < -0.39 is 21.8 Å². The van der Waals surface area contributed by atoms with Gasteiger partial charge in [0.05, 0.1) is 36.9 Å². The fraction of sp³-hybridized carbons (Fsp3) is 0.344. The highest BCUT2D eigenvalue weighted by Gasteiger charge is 2.28. The molecule has 0 aliphatic heterocycles. The zero-order valence-electron chi connectivity index (χ0n) is 26.0. The normalized spacial score (nSPS) is 11.3. The first kappa shape index (κ1) is 34.9. The van der Waals surface area contributed by atoms with E-state index in [9.17, 15) is 8.42 Å². The second-order valence-electron chi connectivity index (χ2n) is 10.4. The molecule has 0 bridgehead atoms. The van der Waals surface area contributed by atoms with Gasteiger partial charge in [-0.05, 0) is 79.9 Å². The maximum atomic E-state index is 13.6. The van der Waals surface area contributed by atoms with Crippen molar-refractivity contribution in [2.24, 2.45) is 0 Å². The highest BCUT2D eigenvalue weighted by molar-refractivity contribution is 7.91. The van der Waals surface area contributed by atoms with E-state index in [1.54, 1.807) is 55.3 Å². The Morgan fingerprint density at radius 2 is 1.60 bits per heavy atom. The molecule has 13 heteroatoms. The summed E-state index contributed by atoms with van der Waals surface area (Å²) in [6.45, 7) is 6.23. The topological polar surface area (TPSA) is 157 Å². The van der Waals surface area contributed by atoms with E-state index in [-0.39, 0.29) is 15.7 Å². The number of benzene rings is 2. The Hall–Kier alpha value is -4.62. The number of rotatable bonds is 13. The zero-order chi connectivity index (χ0) is 33.1. The molecule has 2 heterocycles. The van der Waals surface area contributed by atoms with Crippen molar-refractivity contribution in [1.29, 1.82) is 0 Å². The molecule has 0 unspecified atom stereocenters. The fourth-order valence-electron chi connectivity index (χ4n) is 4.47. The van der Waals surface area contributed by atoms with Gasteiger partial charge < -0.3 is 29.3 Å². The summed E-state index contributed by atoms with van der Waals surface area (Å²) in [6, 6.07) is 18.1. The number of methoxy groups -OCH3 is 2. The summed E-state index contributed by atoms with van der Waals surface area (Å²) in [5, 5.41) is 19.3. The van der Waals surface area contributed by atoms with Crippen LogP contribution in [0.1, 0.15) is 37.4 Å². The number of nitrogens with zero attached hydrogens (tertiary/aromatic N) is 3. The number of sulfone groups is 1. The van der Waals surface area contributed by atoms with Crippen LogP contribution in [0.5, 0.6) is 17.2 Å². The van der Waals surface area contributed by atoms with Crippen molar-refractivity contribution >= 4 is 27.3 Å². The van der Waals surface area contributed by atoms with Crippen LogP contribution in [0.25, 0.3) is 5.52 Å². The van der Waals surface area contributed by atoms with Gasteiger partial charge in [0, 0.05) is 19.3 Å².